The van der Waals surface area contributed by atoms with Crippen molar-refractivity contribution in [3.05, 3.63) is 11.7 Å². The first-order valence-electron chi connectivity index (χ1n) is 5.28. The third-order valence-electron chi connectivity index (χ3n) is 2.18. The Hall–Kier alpha value is -1.08. The van der Waals surface area contributed by atoms with E-state index in [9.17, 15) is 4.79 Å². The molecule has 1 rings (SSSR count). The van der Waals surface area contributed by atoms with Gasteiger partial charge >= 0.3 is 0 Å². The zero-order valence-electron chi connectivity index (χ0n) is 10.2. The van der Waals surface area contributed by atoms with E-state index in [0.717, 1.165) is 0 Å². The van der Waals surface area contributed by atoms with E-state index in [2.05, 4.69) is 15.5 Å². The largest absolute Gasteiger partial charge is 0.384 e. The standard InChI is InChI=1S/C10H17N3O3S/c1-7(17-3)10(14)11-6-9-12-8(13-16-9)4-5-15-2/h7H,4-6H2,1-3H3,(H,11,14). The van der Waals surface area contributed by atoms with Gasteiger partial charge in [0, 0.05) is 13.5 Å². The van der Waals surface area contributed by atoms with Crippen LogP contribution < -0.4 is 5.32 Å². The predicted octanol–water partition coefficient (Wildman–Crippen LogP) is 0.626. The summed E-state index contributed by atoms with van der Waals surface area (Å²) in [5, 5.41) is 6.43. The van der Waals surface area contributed by atoms with Crippen molar-refractivity contribution >= 4 is 17.7 Å². The third-order valence-corrected chi connectivity index (χ3v) is 3.10. The summed E-state index contributed by atoms with van der Waals surface area (Å²) < 4.78 is 9.89. The molecule has 0 aliphatic rings. The Balaban J connectivity index is 2.36. The molecular weight excluding hydrogens is 242 g/mol. The van der Waals surface area contributed by atoms with Crippen molar-refractivity contribution in [3.63, 3.8) is 0 Å². The van der Waals surface area contributed by atoms with Crippen LogP contribution in [0.2, 0.25) is 0 Å². The van der Waals surface area contributed by atoms with E-state index < -0.39 is 0 Å². The smallest absolute Gasteiger partial charge is 0.246 e. The van der Waals surface area contributed by atoms with Crippen molar-refractivity contribution in [3.8, 4) is 0 Å². The molecule has 1 unspecified atom stereocenters. The molecule has 0 spiro atoms. The number of hydrogen-bond acceptors (Lipinski definition) is 6. The summed E-state index contributed by atoms with van der Waals surface area (Å²) in [4.78, 5) is 15.6. The molecule has 1 aromatic heterocycles. The number of rotatable bonds is 7. The van der Waals surface area contributed by atoms with Crippen molar-refractivity contribution in [1.29, 1.82) is 0 Å². The van der Waals surface area contributed by atoms with Gasteiger partial charge in [0.05, 0.1) is 18.4 Å². The fourth-order valence-electron chi connectivity index (χ4n) is 1.07. The van der Waals surface area contributed by atoms with Gasteiger partial charge in [-0.2, -0.15) is 16.7 Å². The summed E-state index contributed by atoms with van der Waals surface area (Å²) in [5.41, 5.74) is 0. The summed E-state index contributed by atoms with van der Waals surface area (Å²) in [5.74, 6) is 0.973. The summed E-state index contributed by atoms with van der Waals surface area (Å²) in [6.07, 6.45) is 2.49. The van der Waals surface area contributed by atoms with Crippen molar-refractivity contribution in [2.45, 2.75) is 25.1 Å². The molecule has 0 saturated heterocycles. The maximum absolute atomic E-state index is 11.5. The second-order valence-electron chi connectivity index (χ2n) is 3.44. The van der Waals surface area contributed by atoms with E-state index in [0.29, 0.717) is 24.7 Å². The minimum absolute atomic E-state index is 0.0332. The van der Waals surface area contributed by atoms with Gasteiger partial charge in [-0.15, -0.1) is 0 Å². The van der Waals surface area contributed by atoms with Crippen LogP contribution in [0.1, 0.15) is 18.6 Å². The van der Waals surface area contributed by atoms with Crippen LogP contribution in [0.4, 0.5) is 0 Å². The van der Waals surface area contributed by atoms with E-state index in [-0.39, 0.29) is 17.7 Å². The Morgan fingerprint density at radius 3 is 3.06 bits per heavy atom. The molecule has 17 heavy (non-hydrogen) atoms. The Bertz CT molecular complexity index is 356. The van der Waals surface area contributed by atoms with E-state index in [1.54, 1.807) is 7.11 Å². The van der Waals surface area contributed by atoms with Gasteiger partial charge in [-0.1, -0.05) is 5.16 Å². The number of nitrogens with one attached hydrogen (secondary N) is 1. The highest BCUT2D eigenvalue weighted by molar-refractivity contribution is 7.99. The number of amides is 1. The highest BCUT2D eigenvalue weighted by Gasteiger charge is 2.12. The lowest BCUT2D eigenvalue weighted by Gasteiger charge is -2.06. The average molecular weight is 259 g/mol. The molecule has 0 fully saturated rings. The van der Waals surface area contributed by atoms with Crippen LogP contribution in [0.15, 0.2) is 4.52 Å². The fraction of sp³-hybridized carbons (Fsp3) is 0.700. The van der Waals surface area contributed by atoms with Crippen LogP contribution >= 0.6 is 11.8 Å². The molecule has 7 heteroatoms. The fourth-order valence-corrected chi connectivity index (χ4v) is 1.37. The predicted molar refractivity (Wildman–Crippen MR) is 64.7 cm³/mol. The van der Waals surface area contributed by atoms with E-state index in [4.69, 9.17) is 9.26 Å². The molecule has 1 atom stereocenters. The number of carbonyl (C=O) groups is 1. The summed E-state index contributed by atoms with van der Waals surface area (Å²) in [6, 6.07) is 0. The first-order chi connectivity index (χ1) is 8.17. The van der Waals surface area contributed by atoms with Crippen LogP contribution in [0.5, 0.6) is 0 Å². The summed E-state index contributed by atoms with van der Waals surface area (Å²) in [6.45, 7) is 2.66. The number of ether oxygens (including phenoxy) is 1. The summed E-state index contributed by atoms with van der Waals surface area (Å²) in [7, 11) is 1.62. The van der Waals surface area contributed by atoms with Gasteiger partial charge in [0.1, 0.15) is 0 Å². The Kier molecular flexibility index (Phi) is 5.99. The van der Waals surface area contributed by atoms with Crippen molar-refractivity contribution < 1.29 is 14.1 Å². The summed E-state index contributed by atoms with van der Waals surface area (Å²) >= 11 is 1.49. The normalized spacial score (nSPS) is 12.4. The number of aromatic nitrogens is 2. The van der Waals surface area contributed by atoms with Crippen molar-refractivity contribution in [1.82, 2.24) is 15.5 Å². The molecule has 0 aromatic carbocycles. The molecule has 0 bridgehead atoms. The van der Waals surface area contributed by atoms with Gasteiger partial charge in [-0.05, 0) is 13.2 Å². The second kappa shape index (κ2) is 7.29. The van der Waals surface area contributed by atoms with Gasteiger partial charge in [0.15, 0.2) is 5.82 Å². The number of nitrogens with zero attached hydrogens (tertiary/aromatic N) is 2. The monoisotopic (exact) mass is 259 g/mol. The van der Waals surface area contributed by atoms with Gasteiger partial charge in [-0.3, -0.25) is 4.79 Å². The minimum atomic E-state index is -0.0779. The maximum atomic E-state index is 11.5. The molecule has 0 aliphatic carbocycles. The molecule has 0 aliphatic heterocycles. The lowest BCUT2D eigenvalue weighted by atomic mass is 10.4. The van der Waals surface area contributed by atoms with Gasteiger partial charge in [0.25, 0.3) is 0 Å². The molecule has 1 amide bonds. The molecule has 96 valence electrons. The molecule has 0 saturated carbocycles. The average Bonchev–Trinajstić information content (AvgIpc) is 2.80. The van der Waals surface area contributed by atoms with Crippen LogP contribution in [0.3, 0.4) is 0 Å². The van der Waals surface area contributed by atoms with Crippen LogP contribution in [-0.2, 0) is 22.5 Å². The molecule has 1 aromatic rings. The molecule has 0 radical (unpaired) electrons. The minimum Gasteiger partial charge on any atom is -0.384 e. The SMILES string of the molecule is COCCc1noc(CNC(=O)C(C)SC)n1. The molecule has 1 heterocycles. The topological polar surface area (TPSA) is 77.3 Å². The number of hydrogen-bond donors (Lipinski definition) is 1. The lowest BCUT2D eigenvalue weighted by Crippen LogP contribution is -2.30. The van der Waals surface area contributed by atoms with Crippen LogP contribution in [-0.4, -0.2) is 41.3 Å². The molecule has 1 N–H and O–H groups in total. The molecular formula is C10H17N3O3S. The van der Waals surface area contributed by atoms with Crippen molar-refractivity contribution in [2.75, 3.05) is 20.0 Å². The lowest BCUT2D eigenvalue weighted by molar-refractivity contribution is -0.120. The highest BCUT2D eigenvalue weighted by Crippen LogP contribution is 2.05. The van der Waals surface area contributed by atoms with E-state index >= 15 is 0 Å². The second-order valence-corrected chi connectivity index (χ2v) is 4.62. The zero-order valence-corrected chi connectivity index (χ0v) is 11.0. The zero-order chi connectivity index (χ0) is 12.7. The highest BCUT2D eigenvalue weighted by atomic mass is 32.2. The maximum Gasteiger partial charge on any atom is 0.246 e. The van der Waals surface area contributed by atoms with Gasteiger partial charge in [0.2, 0.25) is 11.8 Å². The Morgan fingerprint density at radius 1 is 1.65 bits per heavy atom. The van der Waals surface area contributed by atoms with Crippen molar-refractivity contribution in [2.24, 2.45) is 0 Å². The number of carbonyl (C=O) groups excluding carboxylic acids is 1. The van der Waals surface area contributed by atoms with Gasteiger partial charge < -0.3 is 14.6 Å². The molecule has 6 nitrogen and oxygen atoms in total. The van der Waals surface area contributed by atoms with E-state index in [1.165, 1.54) is 11.8 Å². The Morgan fingerprint density at radius 2 is 2.41 bits per heavy atom. The van der Waals surface area contributed by atoms with Gasteiger partial charge in [-0.25, -0.2) is 0 Å². The quantitative estimate of drug-likeness (QED) is 0.773. The van der Waals surface area contributed by atoms with Crippen LogP contribution in [0, 0.1) is 0 Å². The number of methoxy groups -OCH3 is 1. The third kappa shape index (κ3) is 4.74. The Labute approximate surface area is 104 Å². The van der Waals surface area contributed by atoms with E-state index in [1.807, 2.05) is 13.2 Å². The first-order valence-corrected chi connectivity index (χ1v) is 6.57. The first kappa shape index (κ1) is 14.0. The number of thioether (sulfide) groups is 1. The van der Waals surface area contributed by atoms with Crippen LogP contribution in [0.25, 0.3) is 0 Å².